The van der Waals surface area contributed by atoms with Crippen LogP contribution in [0.15, 0.2) is 53.5 Å². The van der Waals surface area contributed by atoms with Crippen molar-refractivity contribution in [1.82, 2.24) is 20.1 Å². The maximum absolute atomic E-state index is 15.1. The average Bonchev–Trinajstić information content (AvgIpc) is 3.42. The minimum Gasteiger partial charge on any atom is -0.495 e. The van der Waals surface area contributed by atoms with E-state index < -0.39 is 17.6 Å². The van der Waals surface area contributed by atoms with Crippen LogP contribution in [0.2, 0.25) is 0 Å². The molecule has 3 aromatic heterocycles. The summed E-state index contributed by atoms with van der Waals surface area (Å²) in [5.41, 5.74) is 2.92. The molecule has 1 saturated heterocycles. The number of benzene rings is 1. The molecule has 162 valence electrons. The summed E-state index contributed by atoms with van der Waals surface area (Å²) in [6, 6.07) is 6.80. The molecule has 0 aliphatic carbocycles. The third-order valence-electron chi connectivity index (χ3n) is 5.59. The van der Waals surface area contributed by atoms with E-state index in [1.165, 1.54) is 12.3 Å². The van der Waals surface area contributed by atoms with Crippen LogP contribution in [0.3, 0.4) is 0 Å². The standard InChI is InChI=1S/C23H19FN4O4/c1-31-16-3-2-15(25-9-16)11-28-10-14(8-26-28)13-6-19(24)22-18(12-32-20(22)7-13)17-4-5-21(29)27-23(17)30/h2-3,6-10,12,17H,4-5,11H2,1H3,(H,27,29,30). The van der Waals surface area contributed by atoms with Crippen molar-refractivity contribution in [2.45, 2.75) is 25.3 Å². The number of aromatic nitrogens is 3. The van der Waals surface area contributed by atoms with E-state index in [-0.39, 0.29) is 17.7 Å². The van der Waals surface area contributed by atoms with Gasteiger partial charge < -0.3 is 9.15 Å². The molecular weight excluding hydrogens is 415 g/mol. The molecule has 1 aliphatic heterocycles. The minimum atomic E-state index is -0.617. The van der Waals surface area contributed by atoms with Gasteiger partial charge in [-0.1, -0.05) is 0 Å². The molecular formula is C23H19FN4O4. The van der Waals surface area contributed by atoms with Gasteiger partial charge in [-0.25, -0.2) is 4.39 Å². The summed E-state index contributed by atoms with van der Waals surface area (Å²) in [7, 11) is 1.58. The number of hydrogen-bond donors (Lipinski definition) is 1. The number of methoxy groups -OCH3 is 1. The number of ether oxygens (including phenoxy) is 1. The summed E-state index contributed by atoms with van der Waals surface area (Å²) >= 11 is 0. The van der Waals surface area contributed by atoms with Crippen molar-refractivity contribution in [3.05, 3.63) is 66.2 Å². The summed E-state index contributed by atoms with van der Waals surface area (Å²) in [5, 5.41) is 6.91. The Labute approximate surface area is 182 Å². The molecule has 2 amide bonds. The maximum atomic E-state index is 15.1. The van der Waals surface area contributed by atoms with E-state index in [1.54, 1.807) is 36.4 Å². The van der Waals surface area contributed by atoms with Gasteiger partial charge in [-0.15, -0.1) is 0 Å². The zero-order valence-electron chi connectivity index (χ0n) is 17.2. The number of piperidine rings is 1. The van der Waals surface area contributed by atoms with Crippen LogP contribution in [0.4, 0.5) is 4.39 Å². The van der Waals surface area contributed by atoms with Gasteiger partial charge in [0.25, 0.3) is 0 Å². The first-order chi connectivity index (χ1) is 15.5. The Balaban J connectivity index is 1.42. The largest absolute Gasteiger partial charge is 0.495 e. The second kappa shape index (κ2) is 7.92. The van der Waals surface area contributed by atoms with Gasteiger partial charge in [0, 0.05) is 23.7 Å². The van der Waals surface area contributed by atoms with Crippen LogP contribution in [0.5, 0.6) is 5.75 Å². The van der Waals surface area contributed by atoms with Crippen LogP contribution in [-0.2, 0) is 16.1 Å². The third-order valence-corrected chi connectivity index (χ3v) is 5.59. The van der Waals surface area contributed by atoms with Gasteiger partial charge in [0.15, 0.2) is 0 Å². The Morgan fingerprint density at radius 2 is 2.12 bits per heavy atom. The Bertz CT molecular complexity index is 1330. The molecule has 0 bridgehead atoms. The maximum Gasteiger partial charge on any atom is 0.234 e. The van der Waals surface area contributed by atoms with Crippen LogP contribution >= 0.6 is 0 Å². The molecule has 1 aromatic carbocycles. The number of carbonyl (C=O) groups is 2. The molecule has 0 spiro atoms. The average molecular weight is 434 g/mol. The third kappa shape index (κ3) is 3.62. The summed E-state index contributed by atoms with van der Waals surface area (Å²) < 4.78 is 27.5. The normalized spacial score (nSPS) is 16.4. The summed E-state index contributed by atoms with van der Waals surface area (Å²) in [6.45, 7) is 0.454. The Morgan fingerprint density at radius 1 is 1.25 bits per heavy atom. The lowest BCUT2D eigenvalue weighted by molar-refractivity contribution is -0.134. The monoisotopic (exact) mass is 434 g/mol. The van der Waals surface area contributed by atoms with Gasteiger partial charge in [-0.05, 0) is 36.2 Å². The van der Waals surface area contributed by atoms with Crippen molar-refractivity contribution < 1.29 is 23.1 Å². The van der Waals surface area contributed by atoms with Gasteiger partial charge in [-0.2, -0.15) is 5.10 Å². The van der Waals surface area contributed by atoms with Gasteiger partial charge in [0.2, 0.25) is 11.8 Å². The molecule has 32 heavy (non-hydrogen) atoms. The lowest BCUT2D eigenvalue weighted by Crippen LogP contribution is -2.39. The lowest BCUT2D eigenvalue weighted by atomic mass is 9.90. The molecule has 5 rings (SSSR count). The van der Waals surface area contributed by atoms with E-state index in [9.17, 15) is 9.59 Å². The molecule has 8 nitrogen and oxygen atoms in total. The fourth-order valence-corrected chi connectivity index (χ4v) is 3.94. The summed E-state index contributed by atoms with van der Waals surface area (Å²) in [5.74, 6) is -1.18. The summed E-state index contributed by atoms with van der Waals surface area (Å²) in [4.78, 5) is 28.0. The van der Waals surface area contributed by atoms with E-state index in [4.69, 9.17) is 9.15 Å². The molecule has 1 N–H and O–H groups in total. The predicted molar refractivity (Wildman–Crippen MR) is 112 cm³/mol. The van der Waals surface area contributed by atoms with Crippen molar-refractivity contribution in [1.29, 1.82) is 0 Å². The first-order valence-corrected chi connectivity index (χ1v) is 10.1. The zero-order chi connectivity index (χ0) is 22.2. The fraction of sp³-hybridized carbons (Fsp3) is 0.217. The Kier molecular flexibility index (Phi) is 4.93. The van der Waals surface area contributed by atoms with Crippen LogP contribution in [0.1, 0.15) is 30.0 Å². The topological polar surface area (TPSA) is 99.2 Å². The number of nitrogens with one attached hydrogen (secondary N) is 1. The first-order valence-electron chi connectivity index (χ1n) is 10.1. The van der Waals surface area contributed by atoms with E-state index in [2.05, 4.69) is 15.4 Å². The number of carbonyl (C=O) groups excluding carboxylic acids is 2. The van der Waals surface area contributed by atoms with E-state index in [1.807, 2.05) is 12.1 Å². The number of rotatable bonds is 5. The number of fused-ring (bicyclic) bond motifs is 1. The first kappa shape index (κ1) is 19.9. The molecule has 1 atom stereocenters. The minimum absolute atomic E-state index is 0.213. The number of pyridine rings is 1. The second-order valence-electron chi connectivity index (χ2n) is 7.64. The van der Waals surface area contributed by atoms with Crippen molar-refractivity contribution in [2.24, 2.45) is 0 Å². The predicted octanol–water partition coefficient (Wildman–Crippen LogP) is 3.41. The van der Waals surface area contributed by atoms with Gasteiger partial charge in [0.1, 0.15) is 17.1 Å². The molecule has 4 aromatic rings. The van der Waals surface area contributed by atoms with Crippen molar-refractivity contribution in [3.63, 3.8) is 0 Å². The second-order valence-corrected chi connectivity index (χ2v) is 7.64. The Hall–Kier alpha value is -4.01. The highest BCUT2D eigenvalue weighted by Crippen LogP contribution is 2.36. The van der Waals surface area contributed by atoms with Gasteiger partial charge >= 0.3 is 0 Å². The highest BCUT2D eigenvalue weighted by atomic mass is 19.1. The fourth-order valence-electron chi connectivity index (χ4n) is 3.94. The number of furan rings is 1. The molecule has 0 radical (unpaired) electrons. The van der Waals surface area contributed by atoms with Crippen LogP contribution in [0.25, 0.3) is 22.1 Å². The highest BCUT2D eigenvalue weighted by molar-refractivity contribution is 6.03. The number of amides is 2. The number of halogens is 1. The van der Waals surface area contributed by atoms with Crippen LogP contribution < -0.4 is 10.1 Å². The molecule has 1 unspecified atom stereocenters. The van der Waals surface area contributed by atoms with Crippen LogP contribution in [-0.4, -0.2) is 33.7 Å². The number of imide groups is 1. The molecule has 0 saturated carbocycles. The van der Waals surface area contributed by atoms with Crippen molar-refractivity contribution in [2.75, 3.05) is 7.11 Å². The number of nitrogens with zero attached hydrogens (tertiary/aromatic N) is 3. The van der Waals surface area contributed by atoms with Gasteiger partial charge in [-0.3, -0.25) is 24.6 Å². The zero-order valence-corrected chi connectivity index (χ0v) is 17.2. The summed E-state index contributed by atoms with van der Waals surface area (Å²) in [6.07, 6.45) is 7.03. The van der Waals surface area contributed by atoms with Gasteiger partial charge in [0.05, 0.1) is 49.3 Å². The smallest absolute Gasteiger partial charge is 0.234 e. The van der Waals surface area contributed by atoms with E-state index >= 15 is 4.39 Å². The molecule has 1 fully saturated rings. The highest BCUT2D eigenvalue weighted by Gasteiger charge is 2.31. The van der Waals surface area contributed by atoms with E-state index in [0.29, 0.717) is 35.4 Å². The molecule has 9 heteroatoms. The SMILES string of the molecule is COc1ccc(Cn2cc(-c3cc(F)c4c(C5CCC(=O)NC5=O)coc4c3)cn2)nc1. The Morgan fingerprint density at radius 3 is 2.88 bits per heavy atom. The molecule has 4 heterocycles. The van der Waals surface area contributed by atoms with Crippen molar-refractivity contribution >= 4 is 22.8 Å². The number of hydrogen-bond acceptors (Lipinski definition) is 6. The van der Waals surface area contributed by atoms with Crippen molar-refractivity contribution in [3.8, 4) is 16.9 Å². The van der Waals surface area contributed by atoms with E-state index in [0.717, 1.165) is 11.3 Å². The quantitative estimate of drug-likeness (QED) is 0.484. The lowest BCUT2D eigenvalue weighted by Gasteiger charge is -2.19. The molecule has 1 aliphatic rings. The van der Waals surface area contributed by atoms with Crippen LogP contribution in [0, 0.1) is 5.82 Å².